The molecule has 0 fully saturated rings. The molecule has 0 atom stereocenters. The lowest BCUT2D eigenvalue weighted by molar-refractivity contribution is -0.117. The first kappa shape index (κ1) is 13.7. The maximum Gasteiger partial charge on any atom is 0.259 e. The first-order valence-corrected chi connectivity index (χ1v) is 7.21. The molecular weight excluding hydrogens is 288 g/mol. The monoisotopic (exact) mass is 302 g/mol. The molecule has 0 saturated carbocycles. The van der Waals surface area contributed by atoms with E-state index in [1.54, 1.807) is 25.6 Å². The number of hydrogen-bond donors (Lipinski definition) is 1. The number of carbonyl (C=O) groups is 1. The fourth-order valence-electron chi connectivity index (χ4n) is 1.94. The van der Waals surface area contributed by atoms with Crippen molar-refractivity contribution in [2.45, 2.75) is 6.54 Å². The van der Waals surface area contributed by atoms with Gasteiger partial charge in [0, 0.05) is 31.2 Å². The van der Waals surface area contributed by atoms with Gasteiger partial charge in [0.25, 0.3) is 5.91 Å². The average Bonchev–Trinajstić information content (AvgIpc) is 2.97. The van der Waals surface area contributed by atoms with Crippen molar-refractivity contribution >= 4 is 23.9 Å². The van der Waals surface area contributed by atoms with Gasteiger partial charge in [0.2, 0.25) is 5.88 Å². The molecule has 3 rings (SSSR count). The van der Waals surface area contributed by atoms with Crippen molar-refractivity contribution in [2.24, 2.45) is 4.99 Å². The number of fused-ring (bicyclic) bond motifs is 1. The largest absolute Gasteiger partial charge is 0.481 e. The Morgan fingerprint density at radius 3 is 3.29 bits per heavy atom. The second-order valence-electron chi connectivity index (χ2n) is 4.43. The molecule has 3 heterocycles. The number of amides is 1. The van der Waals surface area contributed by atoms with Gasteiger partial charge >= 0.3 is 0 Å². The Hall–Kier alpha value is -2.28. The van der Waals surface area contributed by atoms with Gasteiger partial charge in [-0.05, 0) is 17.7 Å². The van der Waals surface area contributed by atoms with E-state index in [-0.39, 0.29) is 5.91 Å². The van der Waals surface area contributed by atoms with E-state index in [4.69, 9.17) is 4.74 Å². The number of allylic oxidation sites excluding steroid dienone is 1. The number of hydrogen-bond acceptors (Lipinski definition) is 6. The summed E-state index contributed by atoms with van der Waals surface area (Å²) >= 11 is 1.45. The standard InChI is InChI=1S/C14H14N4O2S/c1-20-12-6-10(2-5-16-12)7-17-14(19)11-8-18-9-15-4-3-13(18)21-11/h2-6,8H,7,9H2,1H3,(H,17,19). The van der Waals surface area contributed by atoms with Gasteiger partial charge < -0.3 is 15.0 Å². The summed E-state index contributed by atoms with van der Waals surface area (Å²) in [5, 5.41) is 3.92. The van der Waals surface area contributed by atoms with Gasteiger partial charge in [-0.1, -0.05) is 11.8 Å². The van der Waals surface area contributed by atoms with Gasteiger partial charge in [0.05, 0.1) is 17.0 Å². The van der Waals surface area contributed by atoms with E-state index in [1.165, 1.54) is 11.8 Å². The van der Waals surface area contributed by atoms with Crippen LogP contribution in [0.5, 0.6) is 5.88 Å². The highest BCUT2D eigenvalue weighted by Crippen LogP contribution is 2.36. The van der Waals surface area contributed by atoms with Crippen LogP contribution < -0.4 is 10.1 Å². The molecule has 0 saturated heterocycles. The van der Waals surface area contributed by atoms with Gasteiger partial charge in [-0.2, -0.15) is 0 Å². The number of methoxy groups -OCH3 is 1. The predicted octanol–water partition coefficient (Wildman–Crippen LogP) is 1.48. The van der Waals surface area contributed by atoms with Crippen molar-refractivity contribution in [3.63, 3.8) is 0 Å². The van der Waals surface area contributed by atoms with Gasteiger partial charge in [0.1, 0.15) is 6.67 Å². The van der Waals surface area contributed by atoms with E-state index in [2.05, 4.69) is 15.3 Å². The molecule has 0 aromatic carbocycles. The fraction of sp³-hybridized carbons (Fsp3) is 0.214. The van der Waals surface area contributed by atoms with Gasteiger partial charge in [-0.15, -0.1) is 0 Å². The fourth-order valence-corrected chi connectivity index (χ4v) is 2.87. The van der Waals surface area contributed by atoms with Crippen LogP contribution >= 0.6 is 11.8 Å². The van der Waals surface area contributed by atoms with E-state index in [9.17, 15) is 4.79 Å². The molecule has 1 aromatic heterocycles. The molecule has 6 nitrogen and oxygen atoms in total. The summed E-state index contributed by atoms with van der Waals surface area (Å²) in [5.41, 5.74) is 0.944. The highest BCUT2D eigenvalue weighted by molar-refractivity contribution is 8.07. The van der Waals surface area contributed by atoms with Gasteiger partial charge in [0.15, 0.2) is 0 Å². The smallest absolute Gasteiger partial charge is 0.259 e. The molecule has 1 N–H and O–H groups in total. The van der Waals surface area contributed by atoms with Crippen LogP contribution in [0.2, 0.25) is 0 Å². The second-order valence-corrected chi connectivity index (χ2v) is 5.49. The van der Waals surface area contributed by atoms with E-state index in [0.29, 0.717) is 24.0 Å². The summed E-state index contributed by atoms with van der Waals surface area (Å²) in [6.07, 6.45) is 7.15. The molecule has 0 spiro atoms. The van der Waals surface area contributed by atoms with Crippen molar-refractivity contribution in [2.75, 3.05) is 13.8 Å². The van der Waals surface area contributed by atoms with E-state index in [1.807, 2.05) is 23.2 Å². The normalized spacial score (nSPS) is 16.1. The number of aromatic nitrogens is 1. The molecule has 0 unspecified atom stereocenters. The van der Waals surface area contributed by atoms with Gasteiger partial charge in [-0.3, -0.25) is 9.79 Å². The maximum absolute atomic E-state index is 12.2. The van der Waals surface area contributed by atoms with Crippen molar-refractivity contribution < 1.29 is 9.53 Å². The van der Waals surface area contributed by atoms with Crippen molar-refractivity contribution in [1.29, 1.82) is 0 Å². The number of rotatable bonds is 4. The number of aliphatic imine (C=N–C) groups is 1. The minimum atomic E-state index is -0.0916. The van der Waals surface area contributed by atoms with Crippen LogP contribution in [-0.2, 0) is 11.3 Å². The van der Waals surface area contributed by atoms with Crippen molar-refractivity contribution in [1.82, 2.24) is 15.2 Å². The van der Waals surface area contributed by atoms with E-state index >= 15 is 0 Å². The minimum absolute atomic E-state index is 0.0916. The Kier molecular flexibility index (Phi) is 3.92. The first-order chi connectivity index (χ1) is 10.3. The van der Waals surface area contributed by atoms with Crippen molar-refractivity contribution in [3.05, 3.63) is 46.1 Å². The third-order valence-corrected chi connectivity index (χ3v) is 4.10. The number of nitrogens with zero attached hydrogens (tertiary/aromatic N) is 3. The summed E-state index contributed by atoms with van der Waals surface area (Å²) in [5.74, 6) is 0.446. The third kappa shape index (κ3) is 3.08. The molecule has 21 heavy (non-hydrogen) atoms. The van der Waals surface area contributed by atoms with E-state index in [0.717, 1.165) is 10.6 Å². The molecule has 108 valence electrons. The summed E-state index contributed by atoms with van der Waals surface area (Å²) in [4.78, 5) is 23.0. The number of nitrogens with one attached hydrogen (secondary N) is 1. The molecule has 1 amide bonds. The highest BCUT2D eigenvalue weighted by atomic mass is 32.2. The Morgan fingerprint density at radius 2 is 2.48 bits per heavy atom. The van der Waals surface area contributed by atoms with Crippen LogP contribution in [-0.4, -0.2) is 35.8 Å². The SMILES string of the molecule is COc1cc(CNC(=O)C2=CN3CN=CC=C3S2)ccn1. The lowest BCUT2D eigenvalue weighted by Crippen LogP contribution is -2.23. The molecule has 0 aliphatic carbocycles. The van der Waals surface area contributed by atoms with Gasteiger partial charge in [-0.25, -0.2) is 4.98 Å². The summed E-state index contributed by atoms with van der Waals surface area (Å²) in [6, 6.07) is 3.65. The van der Waals surface area contributed by atoms with Crippen LogP contribution in [0.3, 0.4) is 0 Å². The van der Waals surface area contributed by atoms with Crippen LogP contribution in [0.15, 0.2) is 45.5 Å². The van der Waals surface area contributed by atoms with Crippen molar-refractivity contribution in [3.8, 4) is 5.88 Å². The Morgan fingerprint density at radius 1 is 1.57 bits per heavy atom. The molecule has 7 heteroatoms. The summed E-state index contributed by atoms with van der Waals surface area (Å²) < 4.78 is 5.06. The zero-order valence-corrected chi connectivity index (χ0v) is 12.3. The number of ether oxygens (including phenoxy) is 1. The van der Waals surface area contributed by atoms with Crippen LogP contribution in [0, 0.1) is 0 Å². The summed E-state index contributed by atoms with van der Waals surface area (Å²) in [7, 11) is 1.57. The maximum atomic E-state index is 12.2. The Balaban J connectivity index is 1.60. The molecule has 2 aliphatic heterocycles. The molecule has 0 radical (unpaired) electrons. The second kappa shape index (κ2) is 6.01. The summed E-state index contributed by atoms with van der Waals surface area (Å²) in [6.45, 7) is 1.00. The Labute approximate surface area is 126 Å². The number of carbonyl (C=O) groups excluding carboxylic acids is 1. The minimum Gasteiger partial charge on any atom is -0.481 e. The highest BCUT2D eigenvalue weighted by Gasteiger charge is 2.24. The zero-order valence-electron chi connectivity index (χ0n) is 11.4. The zero-order chi connectivity index (χ0) is 14.7. The molecule has 0 bridgehead atoms. The predicted molar refractivity (Wildman–Crippen MR) is 81.6 cm³/mol. The molecular formula is C14H14N4O2S. The van der Waals surface area contributed by atoms with Crippen LogP contribution in [0.1, 0.15) is 5.56 Å². The average molecular weight is 302 g/mol. The topological polar surface area (TPSA) is 66.8 Å². The van der Waals surface area contributed by atoms with Crippen LogP contribution in [0.4, 0.5) is 0 Å². The number of pyridine rings is 1. The first-order valence-electron chi connectivity index (χ1n) is 6.40. The quantitative estimate of drug-likeness (QED) is 0.912. The third-order valence-electron chi connectivity index (χ3n) is 3.01. The molecule has 2 aliphatic rings. The lowest BCUT2D eigenvalue weighted by Gasteiger charge is -2.15. The number of thioether (sulfide) groups is 1. The van der Waals surface area contributed by atoms with Crippen LogP contribution in [0.25, 0.3) is 0 Å². The lowest BCUT2D eigenvalue weighted by atomic mass is 10.2. The Bertz CT molecular complexity index is 654. The van der Waals surface area contributed by atoms with E-state index < -0.39 is 0 Å². The molecule has 1 aromatic rings.